The molecule has 1 aliphatic rings. The van der Waals surface area contributed by atoms with Crippen LogP contribution in [0.15, 0.2) is 79.1 Å². The van der Waals surface area contributed by atoms with E-state index in [0.29, 0.717) is 0 Å². The second-order valence-electron chi connectivity index (χ2n) is 5.77. The van der Waals surface area contributed by atoms with E-state index in [1.165, 1.54) is 5.56 Å². The Bertz CT molecular complexity index is 813. The molecule has 1 atom stereocenters. The minimum absolute atomic E-state index is 0.105. The van der Waals surface area contributed by atoms with Crippen molar-refractivity contribution in [2.24, 2.45) is 0 Å². The van der Waals surface area contributed by atoms with Crippen molar-refractivity contribution in [3.05, 3.63) is 90.3 Å². The zero-order valence-electron chi connectivity index (χ0n) is 13.2. The average Bonchev–Trinajstić information content (AvgIpc) is 3.34. The fraction of sp³-hybridized carbons (Fsp3) is 0.150. The molecule has 1 unspecified atom stereocenters. The number of amides is 1. The summed E-state index contributed by atoms with van der Waals surface area (Å²) in [5, 5.41) is 0.114. The lowest BCUT2D eigenvalue weighted by Crippen LogP contribution is -2.30. The second kappa shape index (κ2) is 6.57. The van der Waals surface area contributed by atoms with Crippen LogP contribution in [-0.4, -0.2) is 27.7 Å². The quantitative estimate of drug-likeness (QED) is 0.711. The number of benzene rings is 2. The van der Waals surface area contributed by atoms with E-state index in [0.717, 1.165) is 23.5 Å². The van der Waals surface area contributed by atoms with Gasteiger partial charge in [0.1, 0.15) is 5.37 Å². The SMILES string of the molecule is O=C(c1ccc(-n2cccc2)cc1)N1CCSC1c1ccccc1. The largest absolute Gasteiger partial charge is 0.324 e. The first kappa shape index (κ1) is 15.1. The van der Waals surface area contributed by atoms with E-state index >= 15 is 0 Å². The van der Waals surface area contributed by atoms with Crippen LogP contribution in [0, 0.1) is 0 Å². The molecule has 3 aromatic rings. The highest BCUT2D eigenvalue weighted by Gasteiger charge is 2.31. The van der Waals surface area contributed by atoms with Crippen molar-refractivity contribution in [2.45, 2.75) is 5.37 Å². The number of carbonyl (C=O) groups is 1. The maximum Gasteiger partial charge on any atom is 0.255 e. The third-order valence-electron chi connectivity index (χ3n) is 4.25. The van der Waals surface area contributed by atoms with Crippen molar-refractivity contribution < 1.29 is 4.79 Å². The molecule has 0 N–H and O–H groups in total. The van der Waals surface area contributed by atoms with Crippen molar-refractivity contribution in [3.8, 4) is 5.69 Å². The molecule has 2 heterocycles. The van der Waals surface area contributed by atoms with Crippen LogP contribution in [0.5, 0.6) is 0 Å². The number of aromatic nitrogens is 1. The van der Waals surface area contributed by atoms with Crippen LogP contribution >= 0.6 is 11.8 Å². The van der Waals surface area contributed by atoms with Gasteiger partial charge in [0.15, 0.2) is 0 Å². The Hall–Kier alpha value is -2.46. The van der Waals surface area contributed by atoms with E-state index < -0.39 is 0 Å². The first-order chi connectivity index (χ1) is 11.8. The van der Waals surface area contributed by atoms with Gasteiger partial charge in [0.2, 0.25) is 0 Å². The van der Waals surface area contributed by atoms with Gasteiger partial charge in [-0.1, -0.05) is 30.3 Å². The monoisotopic (exact) mass is 334 g/mol. The van der Waals surface area contributed by atoms with Gasteiger partial charge in [0, 0.05) is 35.9 Å². The van der Waals surface area contributed by atoms with Crippen molar-refractivity contribution in [1.82, 2.24) is 9.47 Å². The Kier molecular flexibility index (Phi) is 4.13. The molecule has 0 saturated carbocycles. The number of hydrogen-bond donors (Lipinski definition) is 0. The van der Waals surface area contributed by atoms with E-state index in [9.17, 15) is 4.79 Å². The summed E-state index contributed by atoms with van der Waals surface area (Å²) in [4.78, 5) is 14.9. The van der Waals surface area contributed by atoms with E-state index in [-0.39, 0.29) is 11.3 Å². The Morgan fingerprint density at radius 2 is 1.62 bits per heavy atom. The molecule has 24 heavy (non-hydrogen) atoms. The highest BCUT2D eigenvalue weighted by Crippen LogP contribution is 2.38. The van der Waals surface area contributed by atoms with E-state index in [1.807, 2.05) is 88.2 Å². The maximum atomic E-state index is 12.9. The summed E-state index contributed by atoms with van der Waals surface area (Å²) in [7, 11) is 0. The average molecular weight is 334 g/mol. The number of nitrogens with zero attached hydrogens (tertiary/aromatic N) is 2. The Balaban J connectivity index is 1.56. The normalized spacial score (nSPS) is 17.2. The molecular weight excluding hydrogens is 316 g/mol. The van der Waals surface area contributed by atoms with Gasteiger partial charge in [-0.25, -0.2) is 0 Å². The van der Waals surface area contributed by atoms with E-state index in [2.05, 4.69) is 12.1 Å². The molecule has 1 saturated heterocycles. The number of thioether (sulfide) groups is 1. The van der Waals surface area contributed by atoms with Crippen LogP contribution in [0.2, 0.25) is 0 Å². The van der Waals surface area contributed by atoms with Crippen LogP contribution in [0.4, 0.5) is 0 Å². The van der Waals surface area contributed by atoms with Crippen molar-refractivity contribution >= 4 is 17.7 Å². The molecule has 4 heteroatoms. The Morgan fingerprint density at radius 1 is 0.917 bits per heavy atom. The summed E-state index contributed by atoms with van der Waals surface area (Å²) in [6, 6.07) is 22.1. The summed E-state index contributed by atoms with van der Waals surface area (Å²) in [5.41, 5.74) is 3.00. The topological polar surface area (TPSA) is 25.2 Å². The molecule has 0 spiro atoms. The van der Waals surface area contributed by atoms with E-state index in [1.54, 1.807) is 0 Å². The number of hydrogen-bond acceptors (Lipinski definition) is 2. The summed E-state index contributed by atoms with van der Waals surface area (Å²) in [6.45, 7) is 0.794. The van der Waals surface area contributed by atoms with Gasteiger partial charge >= 0.3 is 0 Å². The maximum absolute atomic E-state index is 12.9. The predicted octanol–water partition coefficient (Wildman–Crippen LogP) is 4.37. The zero-order valence-corrected chi connectivity index (χ0v) is 14.0. The van der Waals surface area contributed by atoms with Gasteiger partial charge in [-0.15, -0.1) is 11.8 Å². The van der Waals surface area contributed by atoms with Gasteiger partial charge in [-0.3, -0.25) is 4.79 Å². The zero-order chi connectivity index (χ0) is 16.4. The van der Waals surface area contributed by atoms with Crippen LogP contribution in [-0.2, 0) is 0 Å². The molecule has 1 aromatic heterocycles. The first-order valence-electron chi connectivity index (χ1n) is 8.04. The van der Waals surface area contributed by atoms with Gasteiger partial charge < -0.3 is 9.47 Å². The summed E-state index contributed by atoms with van der Waals surface area (Å²) < 4.78 is 2.03. The summed E-state index contributed by atoms with van der Waals surface area (Å²) in [6.07, 6.45) is 4.00. The summed E-state index contributed by atoms with van der Waals surface area (Å²) in [5.74, 6) is 1.08. The minimum atomic E-state index is 0.105. The molecule has 4 rings (SSSR count). The highest BCUT2D eigenvalue weighted by molar-refractivity contribution is 7.99. The van der Waals surface area contributed by atoms with Crippen LogP contribution in [0.25, 0.3) is 5.69 Å². The van der Waals surface area contributed by atoms with Gasteiger partial charge in [0.05, 0.1) is 0 Å². The van der Waals surface area contributed by atoms with Gasteiger partial charge in [-0.2, -0.15) is 0 Å². The lowest BCUT2D eigenvalue weighted by Gasteiger charge is -2.24. The summed E-state index contributed by atoms with van der Waals surface area (Å²) >= 11 is 1.83. The number of rotatable bonds is 3. The second-order valence-corrected chi connectivity index (χ2v) is 6.96. The third-order valence-corrected chi connectivity index (χ3v) is 5.51. The Labute approximate surface area is 145 Å². The molecular formula is C20H18N2OS. The molecule has 0 aliphatic carbocycles. The molecule has 1 aliphatic heterocycles. The van der Waals surface area contributed by atoms with Gasteiger partial charge in [0.25, 0.3) is 5.91 Å². The molecule has 3 nitrogen and oxygen atoms in total. The predicted molar refractivity (Wildman–Crippen MR) is 98.4 cm³/mol. The van der Waals surface area contributed by atoms with E-state index in [4.69, 9.17) is 0 Å². The molecule has 0 radical (unpaired) electrons. The third kappa shape index (κ3) is 2.85. The molecule has 0 bridgehead atoms. The lowest BCUT2D eigenvalue weighted by atomic mass is 10.1. The smallest absolute Gasteiger partial charge is 0.255 e. The molecule has 1 amide bonds. The van der Waals surface area contributed by atoms with Crippen molar-refractivity contribution in [3.63, 3.8) is 0 Å². The van der Waals surface area contributed by atoms with Crippen LogP contribution in [0.3, 0.4) is 0 Å². The van der Waals surface area contributed by atoms with Crippen LogP contribution < -0.4 is 0 Å². The molecule has 120 valence electrons. The lowest BCUT2D eigenvalue weighted by molar-refractivity contribution is 0.0760. The highest BCUT2D eigenvalue weighted by atomic mass is 32.2. The van der Waals surface area contributed by atoms with Crippen molar-refractivity contribution in [2.75, 3.05) is 12.3 Å². The van der Waals surface area contributed by atoms with Crippen LogP contribution in [0.1, 0.15) is 21.3 Å². The molecule has 2 aromatic carbocycles. The fourth-order valence-corrected chi connectivity index (χ4v) is 4.28. The fourth-order valence-electron chi connectivity index (χ4n) is 3.02. The van der Waals surface area contributed by atoms with Gasteiger partial charge in [-0.05, 0) is 42.0 Å². The standard InChI is InChI=1S/C20H18N2OS/c23-19(16-8-10-18(11-9-16)21-12-4-5-13-21)22-14-15-24-20(22)17-6-2-1-3-7-17/h1-13,20H,14-15H2. The van der Waals surface area contributed by atoms with Crippen molar-refractivity contribution in [1.29, 1.82) is 0 Å². The first-order valence-corrected chi connectivity index (χ1v) is 9.09. The molecule has 1 fully saturated rings. The number of carbonyl (C=O) groups excluding carboxylic acids is 1. The minimum Gasteiger partial charge on any atom is -0.324 e. The Morgan fingerprint density at radius 3 is 2.33 bits per heavy atom.